The molecule has 1 aromatic heterocycles. The van der Waals surface area contributed by atoms with Crippen LogP contribution in [0.2, 0.25) is 0 Å². The molecule has 0 amide bonds. The molecule has 0 aromatic carbocycles. The molecule has 1 rings (SSSR count). The lowest BCUT2D eigenvalue weighted by atomic mass is 10.1. The van der Waals surface area contributed by atoms with E-state index in [0.717, 1.165) is 31.4 Å². The number of aryl methyl sites for hydroxylation is 1. The SMILES string of the molecule is CCCc1nc(C(C)CCC)oc1C(=O)OC. The second kappa shape index (κ2) is 6.42. The molecule has 1 unspecified atom stereocenters. The van der Waals surface area contributed by atoms with Crippen molar-refractivity contribution in [3.63, 3.8) is 0 Å². The van der Waals surface area contributed by atoms with Gasteiger partial charge in [-0.05, 0) is 12.8 Å². The van der Waals surface area contributed by atoms with E-state index in [-0.39, 0.29) is 11.7 Å². The van der Waals surface area contributed by atoms with Crippen LogP contribution in [0.4, 0.5) is 0 Å². The van der Waals surface area contributed by atoms with Crippen molar-refractivity contribution in [2.24, 2.45) is 0 Å². The van der Waals surface area contributed by atoms with Crippen LogP contribution in [0.5, 0.6) is 0 Å². The summed E-state index contributed by atoms with van der Waals surface area (Å²) in [6.45, 7) is 6.23. The molecule has 0 aliphatic rings. The third-order valence-electron chi connectivity index (χ3n) is 2.71. The first-order valence-corrected chi connectivity index (χ1v) is 6.21. The van der Waals surface area contributed by atoms with Gasteiger partial charge in [-0.25, -0.2) is 9.78 Å². The monoisotopic (exact) mass is 239 g/mol. The molecule has 0 saturated heterocycles. The van der Waals surface area contributed by atoms with Crippen LogP contribution in [-0.2, 0) is 11.2 Å². The quantitative estimate of drug-likeness (QED) is 0.714. The van der Waals surface area contributed by atoms with Crippen molar-refractivity contribution in [1.29, 1.82) is 0 Å². The highest BCUT2D eigenvalue weighted by atomic mass is 16.5. The summed E-state index contributed by atoms with van der Waals surface area (Å²) in [6, 6.07) is 0. The molecule has 1 aromatic rings. The van der Waals surface area contributed by atoms with Gasteiger partial charge in [0.05, 0.1) is 12.8 Å². The van der Waals surface area contributed by atoms with Gasteiger partial charge in [-0.1, -0.05) is 33.6 Å². The van der Waals surface area contributed by atoms with E-state index in [0.29, 0.717) is 5.89 Å². The smallest absolute Gasteiger partial charge is 0.375 e. The van der Waals surface area contributed by atoms with Crippen LogP contribution in [0, 0.1) is 0 Å². The summed E-state index contributed by atoms with van der Waals surface area (Å²) in [6.07, 6.45) is 3.75. The number of hydrogen-bond donors (Lipinski definition) is 0. The molecule has 0 spiro atoms. The highest BCUT2D eigenvalue weighted by Crippen LogP contribution is 2.23. The standard InChI is InChI=1S/C13H21NO3/c1-5-7-9(3)12-14-10(8-6-2)11(17-12)13(15)16-4/h9H,5-8H2,1-4H3. The summed E-state index contributed by atoms with van der Waals surface area (Å²) in [5.41, 5.74) is 0.720. The van der Waals surface area contributed by atoms with Gasteiger partial charge >= 0.3 is 5.97 Å². The maximum Gasteiger partial charge on any atom is 0.375 e. The molecule has 1 atom stereocenters. The van der Waals surface area contributed by atoms with Crippen molar-refractivity contribution in [3.8, 4) is 0 Å². The van der Waals surface area contributed by atoms with E-state index < -0.39 is 5.97 Å². The molecule has 17 heavy (non-hydrogen) atoms. The molecule has 0 radical (unpaired) electrons. The number of carbonyl (C=O) groups is 1. The van der Waals surface area contributed by atoms with Crippen LogP contribution in [0.15, 0.2) is 4.42 Å². The van der Waals surface area contributed by atoms with E-state index in [1.54, 1.807) is 0 Å². The zero-order chi connectivity index (χ0) is 12.8. The lowest BCUT2D eigenvalue weighted by Gasteiger charge is -2.03. The lowest BCUT2D eigenvalue weighted by Crippen LogP contribution is -2.03. The second-order valence-electron chi connectivity index (χ2n) is 4.26. The number of aromatic nitrogens is 1. The van der Waals surface area contributed by atoms with Gasteiger partial charge in [0, 0.05) is 5.92 Å². The first-order valence-electron chi connectivity index (χ1n) is 6.21. The Labute approximate surface area is 102 Å². The first-order chi connectivity index (χ1) is 8.13. The molecule has 0 aliphatic carbocycles. The van der Waals surface area contributed by atoms with Crippen LogP contribution in [0.25, 0.3) is 0 Å². The van der Waals surface area contributed by atoms with Crippen molar-refractivity contribution in [2.75, 3.05) is 7.11 Å². The summed E-state index contributed by atoms with van der Waals surface area (Å²) < 4.78 is 10.3. The zero-order valence-corrected chi connectivity index (χ0v) is 11.1. The van der Waals surface area contributed by atoms with Gasteiger partial charge in [0.25, 0.3) is 0 Å². The molecule has 4 heteroatoms. The van der Waals surface area contributed by atoms with Gasteiger partial charge in [0.15, 0.2) is 5.89 Å². The van der Waals surface area contributed by atoms with Gasteiger partial charge in [0.1, 0.15) is 0 Å². The van der Waals surface area contributed by atoms with Gasteiger partial charge in [-0.15, -0.1) is 0 Å². The molecular weight excluding hydrogens is 218 g/mol. The van der Waals surface area contributed by atoms with Crippen molar-refractivity contribution in [2.45, 2.75) is 52.4 Å². The maximum absolute atomic E-state index is 11.5. The van der Waals surface area contributed by atoms with Gasteiger partial charge in [-0.2, -0.15) is 0 Å². The Balaban J connectivity index is 2.98. The van der Waals surface area contributed by atoms with Crippen LogP contribution < -0.4 is 0 Å². The Kier molecular flexibility index (Phi) is 5.19. The molecule has 96 valence electrons. The number of carbonyl (C=O) groups excluding carboxylic acids is 1. The Morgan fingerprint density at radius 3 is 2.65 bits per heavy atom. The second-order valence-corrected chi connectivity index (χ2v) is 4.26. The maximum atomic E-state index is 11.5. The molecule has 0 aliphatic heterocycles. The fourth-order valence-electron chi connectivity index (χ4n) is 1.80. The number of esters is 1. The van der Waals surface area contributed by atoms with Crippen molar-refractivity contribution < 1.29 is 13.9 Å². The van der Waals surface area contributed by atoms with Crippen LogP contribution in [0.1, 0.15) is 68.1 Å². The highest BCUT2D eigenvalue weighted by Gasteiger charge is 2.22. The Hall–Kier alpha value is -1.32. The number of hydrogen-bond acceptors (Lipinski definition) is 4. The summed E-state index contributed by atoms with van der Waals surface area (Å²) in [4.78, 5) is 16.0. The van der Waals surface area contributed by atoms with Crippen LogP contribution in [-0.4, -0.2) is 18.1 Å². The van der Waals surface area contributed by atoms with Crippen LogP contribution in [0.3, 0.4) is 0 Å². The number of nitrogens with zero attached hydrogens (tertiary/aromatic N) is 1. The Bertz CT molecular complexity index is 371. The molecule has 4 nitrogen and oxygen atoms in total. The van der Waals surface area contributed by atoms with E-state index in [1.807, 2.05) is 6.92 Å². The average Bonchev–Trinajstić information content (AvgIpc) is 2.73. The normalized spacial score (nSPS) is 12.5. The van der Waals surface area contributed by atoms with Crippen LogP contribution >= 0.6 is 0 Å². The minimum Gasteiger partial charge on any atom is -0.463 e. The van der Waals surface area contributed by atoms with Crippen molar-refractivity contribution in [1.82, 2.24) is 4.98 Å². The topological polar surface area (TPSA) is 52.3 Å². The Morgan fingerprint density at radius 1 is 1.41 bits per heavy atom. The molecule has 1 heterocycles. The number of ether oxygens (including phenoxy) is 1. The van der Waals surface area contributed by atoms with Gasteiger partial charge in [0.2, 0.25) is 5.76 Å². The van der Waals surface area contributed by atoms with E-state index >= 15 is 0 Å². The molecule has 0 fully saturated rings. The molecular formula is C13H21NO3. The van der Waals surface area contributed by atoms with Gasteiger partial charge in [-0.3, -0.25) is 0 Å². The minimum atomic E-state index is -0.434. The van der Waals surface area contributed by atoms with E-state index in [2.05, 4.69) is 18.8 Å². The summed E-state index contributed by atoms with van der Waals surface area (Å²) in [7, 11) is 1.36. The van der Waals surface area contributed by atoms with E-state index in [4.69, 9.17) is 9.15 Å². The lowest BCUT2D eigenvalue weighted by molar-refractivity contribution is 0.0560. The molecule has 0 N–H and O–H groups in total. The first kappa shape index (κ1) is 13.7. The third-order valence-corrected chi connectivity index (χ3v) is 2.71. The van der Waals surface area contributed by atoms with E-state index in [1.165, 1.54) is 7.11 Å². The summed E-state index contributed by atoms with van der Waals surface area (Å²) in [5.74, 6) is 0.730. The number of methoxy groups -OCH3 is 1. The average molecular weight is 239 g/mol. The van der Waals surface area contributed by atoms with E-state index in [9.17, 15) is 4.79 Å². The predicted molar refractivity (Wildman–Crippen MR) is 65.2 cm³/mol. The Morgan fingerprint density at radius 2 is 2.12 bits per heavy atom. The van der Waals surface area contributed by atoms with Gasteiger partial charge < -0.3 is 9.15 Å². The molecule has 0 saturated carbocycles. The number of rotatable bonds is 6. The fraction of sp³-hybridized carbons (Fsp3) is 0.692. The zero-order valence-electron chi connectivity index (χ0n) is 11.1. The summed E-state index contributed by atoms with van der Waals surface area (Å²) in [5, 5.41) is 0. The largest absolute Gasteiger partial charge is 0.463 e. The van der Waals surface area contributed by atoms with Crippen molar-refractivity contribution in [3.05, 3.63) is 17.3 Å². The van der Waals surface area contributed by atoms with Crippen molar-refractivity contribution >= 4 is 5.97 Å². The fourth-order valence-corrected chi connectivity index (χ4v) is 1.80. The summed E-state index contributed by atoms with van der Waals surface area (Å²) >= 11 is 0. The minimum absolute atomic E-state index is 0.244. The number of oxazole rings is 1. The molecule has 0 bridgehead atoms. The third kappa shape index (κ3) is 3.32. The highest BCUT2D eigenvalue weighted by molar-refractivity contribution is 5.87. The predicted octanol–water partition coefficient (Wildman–Crippen LogP) is 3.32.